The van der Waals surface area contributed by atoms with Crippen LogP contribution in [0.4, 0.5) is 18.9 Å². The second-order valence-corrected chi connectivity index (χ2v) is 7.33. The van der Waals surface area contributed by atoms with E-state index in [-0.39, 0.29) is 51.4 Å². The minimum Gasteiger partial charge on any atom is -0.507 e. The lowest BCUT2D eigenvalue weighted by atomic mass is 10.0. The van der Waals surface area contributed by atoms with E-state index in [0.29, 0.717) is 0 Å². The fourth-order valence-corrected chi connectivity index (χ4v) is 3.31. The average molecular weight is 470 g/mol. The third-order valence-electron chi connectivity index (χ3n) is 4.36. The van der Waals surface area contributed by atoms with E-state index < -0.39 is 17.6 Å². The highest BCUT2D eigenvalue weighted by Crippen LogP contribution is 2.35. The number of hydrogen-bond acceptors (Lipinski definition) is 3. The highest BCUT2D eigenvalue weighted by atomic mass is 35.5. The molecule has 0 aliphatic carbocycles. The Hall–Kier alpha value is -2.90. The molecule has 0 bridgehead atoms. The van der Waals surface area contributed by atoms with Crippen LogP contribution in [0.15, 0.2) is 60.7 Å². The van der Waals surface area contributed by atoms with Gasteiger partial charge in [0.25, 0.3) is 5.91 Å². The zero-order chi connectivity index (χ0) is 22.6. The number of phenols is 1. The lowest BCUT2D eigenvalue weighted by molar-refractivity contribution is -0.138. The third kappa shape index (κ3) is 5.62. The number of rotatable bonds is 6. The van der Waals surface area contributed by atoms with Crippen LogP contribution in [0.5, 0.6) is 11.5 Å². The molecule has 0 unspecified atom stereocenters. The zero-order valence-electron chi connectivity index (χ0n) is 15.8. The second-order valence-electron chi connectivity index (χ2n) is 6.49. The highest BCUT2D eigenvalue weighted by Gasteiger charge is 2.32. The third-order valence-corrected chi connectivity index (χ3v) is 4.89. The van der Waals surface area contributed by atoms with Crippen molar-refractivity contribution < 1.29 is 27.8 Å². The number of benzene rings is 3. The first-order valence-corrected chi connectivity index (χ1v) is 9.78. The topological polar surface area (TPSA) is 58.6 Å². The number of carbonyl (C=O) groups is 1. The molecule has 0 saturated heterocycles. The van der Waals surface area contributed by atoms with E-state index in [2.05, 4.69) is 5.32 Å². The maximum Gasteiger partial charge on any atom is 0.416 e. The van der Waals surface area contributed by atoms with Crippen molar-refractivity contribution in [2.24, 2.45) is 0 Å². The number of phenolic OH excluding ortho intramolecular Hbond substituents is 1. The standard InChI is InChI=1S/C22H16Cl2F3NO3/c23-14-8-9-19(29)15(12-14)21(30)28-18-7-3-6-17(24)20(18)31-11-10-13-4-1-2-5-16(13)22(25,26)27/h1-9,12,29H,10-11H2,(H,28,30). The summed E-state index contributed by atoms with van der Waals surface area (Å²) in [5.74, 6) is -0.826. The fourth-order valence-electron chi connectivity index (χ4n) is 2.91. The van der Waals surface area contributed by atoms with Crippen molar-refractivity contribution in [1.82, 2.24) is 0 Å². The molecular weight excluding hydrogens is 454 g/mol. The van der Waals surface area contributed by atoms with Gasteiger partial charge >= 0.3 is 6.18 Å². The predicted octanol–water partition coefficient (Wildman–Crippen LogP) is 6.59. The van der Waals surface area contributed by atoms with Crippen molar-refractivity contribution in [1.29, 1.82) is 0 Å². The number of aromatic hydroxyl groups is 1. The van der Waals surface area contributed by atoms with Crippen LogP contribution in [0.25, 0.3) is 0 Å². The molecule has 4 nitrogen and oxygen atoms in total. The van der Waals surface area contributed by atoms with E-state index in [1.807, 2.05) is 0 Å². The van der Waals surface area contributed by atoms with Gasteiger partial charge in [-0.3, -0.25) is 4.79 Å². The van der Waals surface area contributed by atoms with E-state index in [1.165, 1.54) is 48.5 Å². The smallest absolute Gasteiger partial charge is 0.416 e. The first kappa shape index (κ1) is 22.8. The van der Waals surface area contributed by atoms with Gasteiger partial charge < -0.3 is 15.2 Å². The molecule has 162 valence electrons. The molecule has 0 atom stereocenters. The number of hydrogen-bond donors (Lipinski definition) is 2. The van der Waals surface area contributed by atoms with Crippen LogP contribution >= 0.6 is 23.2 Å². The van der Waals surface area contributed by atoms with Gasteiger partial charge in [-0.25, -0.2) is 0 Å². The number of anilines is 1. The van der Waals surface area contributed by atoms with Crippen molar-refractivity contribution in [3.05, 3.63) is 87.4 Å². The Morgan fingerprint density at radius 2 is 1.77 bits per heavy atom. The molecule has 0 saturated carbocycles. The Bertz CT molecular complexity index is 1100. The Balaban J connectivity index is 1.77. The number of alkyl halides is 3. The fraction of sp³-hybridized carbons (Fsp3) is 0.136. The lowest BCUT2D eigenvalue weighted by Crippen LogP contribution is -2.14. The average Bonchev–Trinajstić information content (AvgIpc) is 2.71. The van der Waals surface area contributed by atoms with Gasteiger partial charge in [-0.05, 0) is 42.0 Å². The summed E-state index contributed by atoms with van der Waals surface area (Å²) in [5, 5.41) is 12.9. The molecule has 9 heteroatoms. The summed E-state index contributed by atoms with van der Waals surface area (Å²) >= 11 is 12.0. The van der Waals surface area contributed by atoms with Gasteiger partial charge in [0, 0.05) is 11.4 Å². The van der Waals surface area contributed by atoms with E-state index in [0.717, 1.165) is 6.07 Å². The number of para-hydroxylation sites is 1. The summed E-state index contributed by atoms with van der Waals surface area (Å²) in [7, 11) is 0. The van der Waals surface area contributed by atoms with Crippen molar-refractivity contribution in [3.63, 3.8) is 0 Å². The number of amides is 1. The molecule has 0 spiro atoms. The number of halogens is 5. The summed E-state index contributed by atoms with van der Waals surface area (Å²) in [6, 6.07) is 13.8. The van der Waals surface area contributed by atoms with Crippen LogP contribution in [0.1, 0.15) is 21.5 Å². The molecule has 0 aliphatic heterocycles. The summed E-state index contributed by atoms with van der Waals surface area (Å²) in [6.45, 7) is -0.109. The Morgan fingerprint density at radius 1 is 1.03 bits per heavy atom. The van der Waals surface area contributed by atoms with E-state index >= 15 is 0 Å². The van der Waals surface area contributed by atoms with Gasteiger partial charge in [0.15, 0.2) is 5.75 Å². The lowest BCUT2D eigenvalue weighted by Gasteiger charge is -2.16. The number of nitrogens with one attached hydrogen (secondary N) is 1. The Labute approximate surface area is 186 Å². The van der Waals surface area contributed by atoms with Crippen LogP contribution < -0.4 is 10.1 Å². The molecule has 0 aromatic heterocycles. The molecule has 0 heterocycles. The summed E-state index contributed by atoms with van der Waals surface area (Å²) < 4.78 is 45.1. The summed E-state index contributed by atoms with van der Waals surface area (Å²) in [6.07, 6.45) is -4.50. The van der Waals surface area contributed by atoms with E-state index in [9.17, 15) is 23.1 Å². The predicted molar refractivity (Wildman–Crippen MR) is 113 cm³/mol. The summed E-state index contributed by atoms with van der Waals surface area (Å²) in [4.78, 5) is 12.5. The van der Waals surface area contributed by atoms with E-state index in [1.54, 1.807) is 6.07 Å². The van der Waals surface area contributed by atoms with Crippen molar-refractivity contribution in [3.8, 4) is 11.5 Å². The molecule has 0 aliphatic rings. The maximum atomic E-state index is 13.2. The van der Waals surface area contributed by atoms with Crippen molar-refractivity contribution >= 4 is 34.8 Å². The monoisotopic (exact) mass is 469 g/mol. The van der Waals surface area contributed by atoms with Crippen LogP contribution in [0, 0.1) is 0 Å². The van der Waals surface area contributed by atoms with Gasteiger partial charge in [-0.1, -0.05) is 47.5 Å². The molecular formula is C22H16Cl2F3NO3. The van der Waals surface area contributed by atoms with Crippen molar-refractivity contribution in [2.75, 3.05) is 11.9 Å². The van der Waals surface area contributed by atoms with Crippen LogP contribution in [0.3, 0.4) is 0 Å². The van der Waals surface area contributed by atoms with Gasteiger partial charge in [-0.15, -0.1) is 0 Å². The summed E-state index contributed by atoms with van der Waals surface area (Å²) in [5.41, 5.74) is -0.516. The normalized spacial score (nSPS) is 11.3. The maximum absolute atomic E-state index is 13.2. The van der Waals surface area contributed by atoms with Gasteiger partial charge in [0.1, 0.15) is 5.75 Å². The zero-order valence-corrected chi connectivity index (χ0v) is 17.4. The molecule has 0 radical (unpaired) electrons. The molecule has 3 aromatic carbocycles. The Morgan fingerprint density at radius 3 is 2.52 bits per heavy atom. The molecule has 1 amide bonds. The molecule has 0 fully saturated rings. The quantitative estimate of drug-likeness (QED) is 0.427. The second kappa shape index (κ2) is 9.49. The SMILES string of the molecule is O=C(Nc1cccc(Cl)c1OCCc1ccccc1C(F)(F)F)c1cc(Cl)ccc1O. The molecule has 3 aromatic rings. The van der Waals surface area contributed by atoms with Crippen LogP contribution in [-0.2, 0) is 12.6 Å². The van der Waals surface area contributed by atoms with Gasteiger partial charge in [0.05, 0.1) is 28.4 Å². The first-order chi connectivity index (χ1) is 14.7. The highest BCUT2D eigenvalue weighted by molar-refractivity contribution is 6.33. The van der Waals surface area contributed by atoms with Crippen molar-refractivity contribution in [2.45, 2.75) is 12.6 Å². The van der Waals surface area contributed by atoms with Gasteiger partial charge in [0.2, 0.25) is 0 Å². The van der Waals surface area contributed by atoms with Crippen LogP contribution in [0.2, 0.25) is 10.0 Å². The Kier molecular flexibility index (Phi) is 6.97. The molecule has 2 N–H and O–H groups in total. The molecule has 31 heavy (non-hydrogen) atoms. The molecule has 3 rings (SSSR count). The minimum absolute atomic E-state index is 0.0244. The largest absolute Gasteiger partial charge is 0.507 e. The minimum atomic E-state index is -4.47. The number of carbonyl (C=O) groups excluding carboxylic acids is 1. The van der Waals surface area contributed by atoms with Gasteiger partial charge in [-0.2, -0.15) is 13.2 Å². The van der Waals surface area contributed by atoms with E-state index in [4.69, 9.17) is 27.9 Å². The van der Waals surface area contributed by atoms with Crippen LogP contribution in [-0.4, -0.2) is 17.6 Å². The number of ether oxygens (including phenoxy) is 1. The first-order valence-electron chi connectivity index (χ1n) is 9.03.